The Bertz CT molecular complexity index is 518. The van der Waals surface area contributed by atoms with E-state index in [1.807, 2.05) is 18.2 Å². The summed E-state index contributed by atoms with van der Waals surface area (Å²) in [5.74, 6) is -0.793. The van der Waals surface area contributed by atoms with Gasteiger partial charge in [-0.15, -0.1) is 0 Å². The Morgan fingerprint density at radius 2 is 2.38 bits per heavy atom. The quantitative estimate of drug-likeness (QED) is 0.831. The van der Waals surface area contributed by atoms with Crippen LogP contribution in [0.1, 0.15) is 30.4 Å². The third kappa shape index (κ3) is 5.18. The fourth-order valence-electron chi connectivity index (χ4n) is 2.56. The van der Waals surface area contributed by atoms with Gasteiger partial charge in [0.15, 0.2) is 0 Å². The van der Waals surface area contributed by atoms with Crippen molar-refractivity contribution in [2.24, 2.45) is 0 Å². The van der Waals surface area contributed by atoms with Crippen LogP contribution in [0, 0.1) is 11.3 Å². The summed E-state index contributed by atoms with van der Waals surface area (Å²) in [6, 6.07) is 9.57. The first-order valence-electron chi connectivity index (χ1n) is 7.22. The smallest absolute Gasteiger partial charge is 0.304 e. The molecule has 0 aliphatic carbocycles. The number of carbonyl (C=O) groups is 1. The topological polar surface area (TPSA) is 73.6 Å². The molecule has 0 amide bonds. The zero-order valence-electron chi connectivity index (χ0n) is 12.0. The van der Waals surface area contributed by atoms with Crippen LogP contribution >= 0.6 is 0 Å². The molecule has 1 N–H and O–H groups in total. The van der Waals surface area contributed by atoms with Crippen LogP contribution in [0.25, 0.3) is 0 Å². The highest BCUT2D eigenvalue weighted by atomic mass is 16.5. The number of hydrogen-bond acceptors (Lipinski definition) is 4. The van der Waals surface area contributed by atoms with Gasteiger partial charge in [-0.05, 0) is 30.5 Å². The van der Waals surface area contributed by atoms with Crippen LogP contribution < -0.4 is 0 Å². The Morgan fingerprint density at radius 3 is 3.05 bits per heavy atom. The predicted octanol–water partition coefficient (Wildman–Crippen LogP) is 2.01. The van der Waals surface area contributed by atoms with Crippen LogP contribution in [0.5, 0.6) is 0 Å². The summed E-state index contributed by atoms with van der Waals surface area (Å²) in [6.07, 6.45) is 2.41. The molecule has 1 aromatic carbocycles. The van der Waals surface area contributed by atoms with E-state index in [4.69, 9.17) is 15.1 Å². The van der Waals surface area contributed by atoms with Gasteiger partial charge < -0.3 is 9.84 Å². The molecule has 2 rings (SSSR count). The molecule has 5 nitrogen and oxygen atoms in total. The van der Waals surface area contributed by atoms with E-state index in [1.54, 1.807) is 6.07 Å². The maximum absolute atomic E-state index is 10.8. The van der Waals surface area contributed by atoms with Gasteiger partial charge in [0.05, 0.1) is 24.2 Å². The third-order valence-electron chi connectivity index (χ3n) is 3.59. The molecule has 0 aromatic heterocycles. The van der Waals surface area contributed by atoms with Gasteiger partial charge in [0, 0.05) is 26.2 Å². The molecular formula is C16H20N2O3. The molecule has 112 valence electrons. The van der Waals surface area contributed by atoms with E-state index in [0.29, 0.717) is 18.7 Å². The van der Waals surface area contributed by atoms with Crippen molar-refractivity contribution in [1.29, 1.82) is 5.26 Å². The van der Waals surface area contributed by atoms with Crippen molar-refractivity contribution >= 4 is 5.97 Å². The van der Waals surface area contributed by atoms with Gasteiger partial charge in [-0.25, -0.2) is 0 Å². The summed E-state index contributed by atoms with van der Waals surface area (Å²) in [7, 11) is 0. The van der Waals surface area contributed by atoms with E-state index >= 15 is 0 Å². The number of benzene rings is 1. The van der Waals surface area contributed by atoms with E-state index in [1.165, 1.54) is 0 Å². The highest BCUT2D eigenvalue weighted by Crippen LogP contribution is 2.16. The molecule has 1 aliphatic rings. The highest BCUT2D eigenvalue weighted by Gasteiger charge is 2.19. The number of carboxylic acids is 1. The van der Waals surface area contributed by atoms with Crippen molar-refractivity contribution in [3.63, 3.8) is 0 Å². The monoisotopic (exact) mass is 288 g/mol. The Morgan fingerprint density at radius 1 is 1.52 bits per heavy atom. The van der Waals surface area contributed by atoms with Crippen LogP contribution in [-0.2, 0) is 16.1 Å². The molecule has 1 saturated heterocycles. The van der Waals surface area contributed by atoms with Gasteiger partial charge in [0.1, 0.15) is 0 Å². The second-order valence-electron chi connectivity index (χ2n) is 5.33. The second kappa shape index (κ2) is 7.77. The van der Waals surface area contributed by atoms with Crippen LogP contribution in [0.15, 0.2) is 24.3 Å². The fourth-order valence-corrected chi connectivity index (χ4v) is 2.56. The van der Waals surface area contributed by atoms with Gasteiger partial charge in [0.25, 0.3) is 0 Å². The molecule has 0 bridgehead atoms. The standard InChI is InChI=1S/C16H20N2O3/c17-10-13-3-1-4-14(9-13)11-18(7-6-16(19)20)12-15-5-2-8-21-15/h1,3-4,9,15H,2,5-8,11-12H2,(H,19,20). The van der Waals surface area contributed by atoms with Crippen molar-refractivity contribution in [3.8, 4) is 6.07 Å². The summed E-state index contributed by atoms with van der Waals surface area (Å²) in [5.41, 5.74) is 1.65. The van der Waals surface area contributed by atoms with Gasteiger partial charge in [-0.1, -0.05) is 12.1 Å². The highest BCUT2D eigenvalue weighted by molar-refractivity contribution is 5.66. The summed E-state index contributed by atoms with van der Waals surface area (Å²) in [4.78, 5) is 12.9. The van der Waals surface area contributed by atoms with Crippen molar-refractivity contribution in [1.82, 2.24) is 4.90 Å². The minimum atomic E-state index is -0.793. The second-order valence-corrected chi connectivity index (χ2v) is 5.33. The minimum Gasteiger partial charge on any atom is -0.481 e. The molecule has 1 atom stereocenters. The summed E-state index contributed by atoms with van der Waals surface area (Å²) >= 11 is 0. The van der Waals surface area contributed by atoms with Crippen LogP contribution in [0.4, 0.5) is 0 Å². The van der Waals surface area contributed by atoms with Crippen molar-refractivity contribution in [2.75, 3.05) is 19.7 Å². The molecule has 0 radical (unpaired) electrons. The molecule has 1 fully saturated rings. The first-order chi connectivity index (χ1) is 10.2. The molecule has 0 spiro atoms. The third-order valence-corrected chi connectivity index (χ3v) is 3.59. The van der Waals surface area contributed by atoms with Crippen molar-refractivity contribution < 1.29 is 14.6 Å². The van der Waals surface area contributed by atoms with E-state index in [9.17, 15) is 4.79 Å². The molecule has 1 heterocycles. The van der Waals surface area contributed by atoms with Gasteiger partial charge in [-0.2, -0.15) is 5.26 Å². The first-order valence-corrected chi connectivity index (χ1v) is 7.22. The molecule has 1 unspecified atom stereocenters. The van der Waals surface area contributed by atoms with Gasteiger partial charge >= 0.3 is 5.97 Å². The van der Waals surface area contributed by atoms with E-state index < -0.39 is 5.97 Å². The summed E-state index contributed by atoms with van der Waals surface area (Å²) < 4.78 is 5.63. The lowest BCUT2D eigenvalue weighted by molar-refractivity contribution is -0.137. The van der Waals surface area contributed by atoms with Gasteiger partial charge in [-0.3, -0.25) is 9.69 Å². The number of rotatable bonds is 7. The Balaban J connectivity index is 1.99. The lowest BCUT2D eigenvalue weighted by Gasteiger charge is -2.24. The SMILES string of the molecule is N#Cc1cccc(CN(CCC(=O)O)CC2CCCO2)c1. The Labute approximate surface area is 124 Å². The lowest BCUT2D eigenvalue weighted by atomic mass is 10.1. The van der Waals surface area contributed by atoms with Crippen LogP contribution in [-0.4, -0.2) is 41.8 Å². The number of nitriles is 1. The molecule has 1 aromatic rings. The Hall–Kier alpha value is -1.90. The molecule has 21 heavy (non-hydrogen) atoms. The maximum Gasteiger partial charge on any atom is 0.304 e. The number of aliphatic carboxylic acids is 1. The average Bonchev–Trinajstić information content (AvgIpc) is 2.98. The van der Waals surface area contributed by atoms with E-state index in [-0.39, 0.29) is 12.5 Å². The molecule has 1 aliphatic heterocycles. The lowest BCUT2D eigenvalue weighted by Crippen LogP contribution is -2.33. The molecule has 0 saturated carbocycles. The first kappa shape index (κ1) is 15.5. The number of nitrogens with zero attached hydrogens (tertiary/aromatic N) is 2. The van der Waals surface area contributed by atoms with Crippen LogP contribution in [0.3, 0.4) is 0 Å². The fraction of sp³-hybridized carbons (Fsp3) is 0.500. The van der Waals surface area contributed by atoms with Crippen LogP contribution in [0.2, 0.25) is 0 Å². The zero-order valence-corrected chi connectivity index (χ0v) is 12.0. The molecule has 5 heteroatoms. The molecular weight excluding hydrogens is 268 g/mol. The summed E-state index contributed by atoms with van der Waals surface area (Å²) in [5, 5.41) is 17.8. The predicted molar refractivity (Wildman–Crippen MR) is 77.7 cm³/mol. The average molecular weight is 288 g/mol. The van der Waals surface area contributed by atoms with Crippen molar-refractivity contribution in [3.05, 3.63) is 35.4 Å². The van der Waals surface area contributed by atoms with Crippen molar-refractivity contribution in [2.45, 2.75) is 31.9 Å². The minimum absolute atomic E-state index is 0.116. The number of ether oxygens (including phenoxy) is 1. The maximum atomic E-state index is 10.8. The largest absolute Gasteiger partial charge is 0.481 e. The number of carboxylic acid groups (broad SMARTS) is 1. The number of hydrogen-bond donors (Lipinski definition) is 1. The summed E-state index contributed by atoms with van der Waals surface area (Å²) in [6.45, 7) is 2.67. The van der Waals surface area contributed by atoms with E-state index in [0.717, 1.165) is 31.6 Å². The normalized spacial score (nSPS) is 17.8. The zero-order chi connectivity index (χ0) is 15.1. The van der Waals surface area contributed by atoms with E-state index in [2.05, 4.69) is 11.0 Å². The Kier molecular flexibility index (Phi) is 5.73. The van der Waals surface area contributed by atoms with Gasteiger partial charge in [0.2, 0.25) is 0 Å².